The molecule has 1 heterocycles. The summed E-state index contributed by atoms with van der Waals surface area (Å²) >= 11 is 0. The fourth-order valence-electron chi connectivity index (χ4n) is 3.86. The first kappa shape index (κ1) is 17.8. The minimum atomic E-state index is -0.302. The molecule has 0 spiro atoms. The van der Waals surface area contributed by atoms with Gasteiger partial charge in [0.1, 0.15) is 6.04 Å². The van der Waals surface area contributed by atoms with Gasteiger partial charge in [0.25, 0.3) is 0 Å². The number of rotatable bonds is 5. The van der Waals surface area contributed by atoms with E-state index in [-0.39, 0.29) is 29.8 Å². The maximum Gasteiger partial charge on any atom is 0.243 e. The highest BCUT2D eigenvalue weighted by Crippen LogP contribution is 2.34. The van der Waals surface area contributed by atoms with E-state index < -0.39 is 0 Å². The molecule has 1 saturated heterocycles. The van der Waals surface area contributed by atoms with E-state index in [9.17, 15) is 9.59 Å². The third kappa shape index (κ3) is 3.90. The molecule has 2 aromatic rings. The van der Waals surface area contributed by atoms with Crippen LogP contribution in [0.15, 0.2) is 54.6 Å². The van der Waals surface area contributed by atoms with Crippen molar-refractivity contribution in [3.63, 3.8) is 0 Å². The minimum Gasteiger partial charge on any atom is -0.348 e. The van der Waals surface area contributed by atoms with Crippen LogP contribution in [0, 0.1) is 5.92 Å². The Labute approximate surface area is 160 Å². The predicted octanol–water partition coefficient (Wildman–Crippen LogP) is 3.93. The Morgan fingerprint density at radius 1 is 0.963 bits per heavy atom. The number of likely N-dealkylation sites (tertiary alicyclic amines) is 1. The molecule has 27 heavy (non-hydrogen) atoms. The van der Waals surface area contributed by atoms with Crippen molar-refractivity contribution in [3.8, 4) is 11.1 Å². The molecule has 1 saturated carbocycles. The molecule has 0 aromatic heterocycles. The van der Waals surface area contributed by atoms with Crippen molar-refractivity contribution in [2.24, 2.45) is 5.92 Å². The van der Waals surface area contributed by atoms with Crippen LogP contribution in [0.3, 0.4) is 0 Å². The quantitative estimate of drug-likeness (QED) is 0.876. The highest BCUT2D eigenvalue weighted by Gasteiger charge is 2.41. The van der Waals surface area contributed by atoms with Crippen LogP contribution >= 0.6 is 0 Å². The van der Waals surface area contributed by atoms with Gasteiger partial charge < -0.3 is 10.2 Å². The summed E-state index contributed by atoms with van der Waals surface area (Å²) in [6, 6.07) is 18.2. The van der Waals surface area contributed by atoms with E-state index in [1.165, 1.54) is 5.56 Å². The molecule has 2 aliphatic rings. The number of benzene rings is 2. The molecular weight excluding hydrogens is 336 g/mol. The molecule has 0 unspecified atom stereocenters. The van der Waals surface area contributed by atoms with E-state index >= 15 is 0 Å². The van der Waals surface area contributed by atoms with Crippen molar-refractivity contribution < 1.29 is 9.59 Å². The summed E-state index contributed by atoms with van der Waals surface area (Å²) in [5, 5.41) is 3.11. The maximum absolute atomic E-state index is 12.8. The van der Waals surface area contributed by atoms with E-state index in [1.54, 1.807) is 4.90 Å². The van der Waals surface area contributed by atoms with E-state index in [2.05, 4.69) is 41.7 Å². The summed E-state index contributed by atoms with van der Waals surface area (Å²) in [5.41, 5.74) is 3.41. The second-order valence-electron chi connectivity index (χ2n) is 7.68. The van der Waals surface area contributed by atoms with Gasteiger partial charge in [0.05, 0.1) is 6.04 Å². The first-order chi connectivity index (χ1) is 13.1. The van der Waals surface area contributed by atoms with Gasteiger partial charge in [-0.1, -0.05) is 54.6 Å². The molecule has 1 aliphatic carbocycles. The maximum atomic E-state index is 12.8. The summed E-state index contributed by atoms with van der Waals surface area (Å²) in [4.78, 5) is 27.0. The van der Waals surface area contributed by atoms with Gasteiger partial charge in [0.15, 0.2) is 0 Å². The monoisotopic (exact) mass is 362 g/mol. The molecule has 0 radical (unpaired) electrons. The number of carbonyl (C=O) groups is 2. The lowest BCUT2D eigenvalue weighted by molar-refractivity contribution is -0.139. The first-order valence-corrected chi connectivity index (χ1v) is 9.90. The smallest absolute Gasteiger partial charge is 0.243 e. The zero-order valence-electron chi connectivity index (χ0n) is 15.7. The van der Waals surface area contributed by atoms with Gasteiger partial charge in [-0.2, -0.15) is 0 Å². The Morgan fingerprint density at radius 2 is 1.63 bits per heavy atom. The summed E-state index contributed by atoms with van der Waals surface area (Å²) < 4.78 is 0. The Morgan fingerprint density at radius 3 is 2.30 bits per heavy atom. The van der Waals surface area contributed by atoms with E-state index in [1.807, 2.05) is 25.1 Å². The van der Waals surface area contributed by atoms with E-state index in [4.69, 9.17) is 0 Å². The number of hydrogen-bond acceptors (Lipinski definition) is 2. The van der Waals surface area contributed by atoms with E-state index in [0.717, 1.165) is 36.8 Å². The molecule has 140 valence electrons. The molecule has 2 amide bonds. The third-order valence-electron chi connectivity index (χ3n) is 5.64. The fraction of sp³-hybridized carbons (Fsp3) is 0.391. The van der Waals surface area contributed by atoms with Crippen molar-refractivity contribution in [1.82, 2.24) is 10.2 Å². The normalized spacial score (nSPS) is 20.3. The lowest BCUT2D eigenvalue weighted by atomic mass is 10.0. The zero-order valence-corrected chi connectivity index (χ0v) is 15.7. The molecule has 4 nitrogen and oxygen atoms in total. The lowest BCUT2D eigenvalue weighted by Gasteiger charge is -2.25. The predicted molar refractivity (Wildman–Crippen MR) is 106 cm³/mol. The molecule has 2 aromatic carbocycles. The van der Waals surface area contributed by atoms with Crippen LogP contribution in [0.2, 0.25) is 0 Å². The van der Waals surface area contributed by atoms with Gasteiger partial charge in [-0.3, -0.25) is 9.59 Å². The largest absolute Gasteiger partial charge is 0.348 e. The van der Waals surface area contributed by atoms with Crippen LogP contribution < -0.4 is 5.32 Å². The van der Waals surface area contributed by atoms with Crippen LogP contribution in [0.1, 0.15) is 44.2 Å². The van der Waals surface area contributed by atoms with Crippen LogP contribution in [0.4, 0.5) is 0 Å². The lowest BCUT2D eigenvalue weighted by Crippen LogP contribution is -2.47. The number of nitrogens with one attached hydrogen (secondary N) is 1. The van der Waals surface area contributed by atoms with Gasteiger partial charge in [-0.15, -0.1) is 0 Å². The molecule has 4 rings (SSSR count). The third-order valence-corrected chi connectivity index (χ3v) is 5.64. The summed E-state index contributed by atoms with van der Waals surface area (Å²) in [6.45, 7) is 2.71. The second kappa shape index (κ2) is 7.55. The number of hydrogen-bond donors (Lipinski definition) is 1. The summed E-state index contributed by atoms with van der Waals surface area (Å²) in [5.74, 6) is 0.315. The first-order valence-electron chi connectivity index (χ1n) is 9.90. The molecule has 4 heteroatoms. The van der Waals surface area contributed by atoms with Crippen molar-refractivity contribution in [2.75, 3.05) is 6.54 Å². The molecule has 2 fully saturated rings. The Kier molecular flexibility index (Phi) is 4.97. The fourth-order valence-corrected chi connectivity index (χ4v) is 3.86. The Hall–Kier alpha value is -2.62. The molecular formula is C23H26N2O2. The topological polar surface area (TPSA) is 49.4 Å². The Balaban J connectivity index is 1.40. The van der Waals surface area contributed by atoms with Crippen molar-refractivity contribution >= 4 is 11.8 Å². The molecule has 1 aliphatic heterocycles. The minimum absolute atomic E-state index is 0.0267. The SMILES string of the molecule is C[C@H](NC(=O)[C@H]1CCCN1C(=O)C1CC1)c1ccc(-c2ccccc2)cc1. The average molecular weight is 362 g/mol. The highest BCUT2D eigenvalue weighted by molar-refractivity contribution is 5.90. The number of amides is 2. The Bertz CT molecular complexity index is 812. The average Bonchev–Trinajstić information content (AvgIpc) is 3.44. The van der Waals surface area contributed by atoms with Crippen molar-refractivity contribution in [2.45, 2.75) is 44.7 Å². The second-order valence-corrected chi connectivity index (χ2v) is 7.68. The standard InChI is InChI=1S/C23H26N2O2/c1-16(17-9-11-19(12-10-17)18-6-3-2-4-7-18)24-22(26)21-8-5-15-25(21)23(27)20-13-14-20/h2-4,6-7,9-12,16,20-21H,5,8,13-15H2,1H3,(H,24,26)/t16-,21+/m0/s1. The van der Waals surface area contributed by atoms with Gasteiger partial charge in [-0.25, -0.2) is 0 Å². The van der Waals surface area contributed by atoms with Gasteiger partial charge >= 0.3 is 0 Å². The molecule has 0 bridgehead atoms. The number of nitrogens with zero attached hydrogens (tertiary/aromatic N) is 1. The van der Waals surface area contributed by atoms with Crippen molar-refractivity contribution in [3.05, 3.63) is 60.2 Å². The van der Waals surface area contributed by atoms with Gasteiger partial charge in [0.2, 0.25) is 11.8 Å². The number of carbonyl (C=O) groups excluding carboxylic acids is 2. The van der Waals surface area contributed by atoms with Crippen LogP contribution in [0.25, 0.3) is 11.1 Å². The van der Waals surface area contributed by atoms with Gasteiger partial charge in [-0.05, 0) is 49.3 Å². The van der Waals surface area contributed by atoms with Gasteiger partial charge in [0, 0.05) is 12.5 Å². The van der Waals surface area contributed by atoms with E-state index in [0.29, 0.717) is 6.54 Å². The molecule has 1 N–H and O–H groups in total. The van der Waals surface area contributed by atoms with Crippen LogP contribution in [-0.2, 0) is 9.59 Å². The van der Waals surface area contributed by atoms with Crippen LogP contribution in [0.5, 0.6) is 0 Å². The van der Waals surface area contributed by atoms with Crippen LogP contribution in [-0.4, -0.2) is 29.3 Å². The molecule has 2 atom stereocenters. The highest BCUT2D eigenvalue weighted by atomic mass is 16.2. The van der Waals surface area contributed by atoms with Crippen molar-refractivity contribution in [1.29, 1.82) is 0 Å². The zero-order chi connectivity index (χ0) is 18.8. The summed E-state index contributed by atoms with van der Waals surface area (Å²) in [7, 11) is 0. The summed E-state index contributed by atoms with van der Waals surface area (Å²) in [6.07, 6.45) is 3.64.